The van der Waals surface area contributed by atoms with Crippen LogP contribution in [0.1, 0.15) is 81.4 Å². The monoisotopic (exact) mass is 1620 g/mol. The van der Waals surface area contributed by atoms with Gasteiger partial charge in [0.1, 0.15) is 34.6 Å². The van der Waals surface area contributed by atoms with Crippen LogP contribution in [0.5, 0.6) is 28.9 Å². The molecule has 25 heteroatoms. The second-order valence-corrected chi connectivity index (χ2v) is 29.4. The Hall–Kier alpha value is -10.8. The van der Waals surface area contributed by atoms with Crippen LogP contribution < -0.4 is 45.0 Å². The molecule has 119 heavy (non-hydrogen) atoms. The van der Waals surface area contributed by atoms with Crippen LogP contribution in [0, 0.1) is 29.9 Å². The van der Waals surface area contributed by atoms with E-state index in [2.05, 4.69) is 95.6 Å². The summed E-state index contributed by atoms with van der Waals surface area (Å²) in [6.07, 6.45) is 13.0. The molecule has 622 valence electrons. The van der Waals surface area contributed by atoms with Gasteiger partial charge in [-0.1, -0.05) is 48.5 Å². The molecule has 0 unspecified atom stereocenters. The maximum atomic E-state index is 13.7. The fraction of sp³-hybridized carbons (Fsp3) is 0.362. The first-order valence-electron chi connectivity index (χ1n) is 40.4. The van der Waals surface area contributed by atoms with E-state index in [0.29, 0.717) is 89.5 Å². The van der Waals surface area contributed by atoms with Crippen molar-refractivity contribution in [2.45, 2.75) is 134 Å². The van der Waals surface area contributed by atoms with Crippen molar-refractivity contribution in [1.29, 1.82) is 5.26 Å². The Morgan fingerprint density at radius 3 is 1.13 bits per heavy atom. The normalized spacial score (nSPS) is 19.1. The number of rotatable bonds is 29. The molecule has 4 N–H and O–H groups in total. The molecule has 0 saturated carbocycles. The minimum absolute atomic E-state index is 0.0447. The van der Waals surface area contributed by atoms with Crippen molar-refractivity contribution in [2.75, 3.05) is 88.4 Å². The van der Waals surface area contributed by atoms with Gasteiger partial charge in [-0.2, -0.15) is 5.26 Å². The fourth-order valence-electron chi connectivity index (χ4n) is 14.4. The average Bonchev–Trinajstić information content (AvgIpc) is 0.826. The molecule has 16 rings (SSSR count). The predicted molar refractivity (Wildman–Crippen MR) is 451 cm³/mol. The summed E-state index contributed by atoms with van der Waals surface area (Å²) >= 11 is 0. The number of hydrogen-bond donors (Lipinski definition) is 4. The summed E-state index contributed by atoms with van der Waals surface area (Å²) < 4.78 is 101. The Balaban J connectivity index is 0.000000137. The van der Waals surface area contributed by atoms with Gasteiger partial charge in [-0.15, -0.1) is 0 Å². The molecule has 0 bridgehead atoms. The Labute approximate surface area is 693 Å². The first kappa shape index (κ1) is 86.1. The average molecular weight is 1620 g/mol. The van der Waals surface area contributed by atoms with Gasteiger partial charge in [-0.3, -0.25) is 19.9 Å². The highest BCUT2D eigenvalue weighted by Crippen LogP contribution is 2.31. The van der Waals surface area contributed by atoms with E-state index in [-0.39, 0.29) is 49.3 Å². The van der Waals surface area contributed by atoms with Gasteiger partial charge in [0.2, 0.25) is 5.88 Å². The minimum atomic E-state index is -0.580. The van der Waals surface area contributed by atoms with E-state index >= 15 is 0 Å². The van der Waals surface area contributed by atoms with Crippen molar-refractivity contribution in [3.8, 4) is 34.9 Å². The molecule has 4 fully saturated rings. The van der Waals surface area contributed by atoms with Crippen molar-refractivity contribution in [3.63, 3.8) is 0 Å². The Morgan fingerprint density at radius 2 is 0.748 bits per heavy atom. The standard InChI is InChI=1S/C24H25N3O3.C24H28N2O3.C23H24F2N2O3.C23H27N3O4/c1-28-21-6-7-23-22(12-21)19(9-10-26-23)5-8-24-29-15-20(16-30-24)27-14-18-4-2-3-17(11-18)13-25;1-17-5-3-4-6-19(17)14-26-20-15-28-24(29-16-20)10-7-18-11-12-25-23-9-8-21(27-2)13-22(18)23;1-28-19-5-6-22-20(11-19)15(8-9-26-22)3-7-23-29-13-18(14-30-23)27-12-16-2-4-17(24)10-21(16)25;1-27-19-7-8-21-20(12-19)16(10-11-24-21)6-9-23-29-14-18(15-30-23)25-13-17-4-3-5-22(26-17)28-2/h2-4,6-7,9-12,20,24,27H,5,8,14-16H2,1H3;3-6,8-9,11-13,20,24,26H,7,10,14-16H2,1-2H3;2,4-6,8-11,18,23,27H,3,7,12-14H2,1H3;3-5,7-8,10-12,18,23,25H,6,9,13-15H2,1-2H3. The molecule has 0 atom stereocenters. The molecule has 0 radical (unpaired) electrons. The SMILES string of the molecule is COc1ccc2nccc(CCC3OCC(NCc4ccc(F)cc4F)CO3)c2c1.COc1ccc2nccc(CCC3OCC(NCc4cccc(C#N)c4)CO3)c2c1.COc1ccc2nccc(CCC3OCC(NCc4cccc(OC)n4)CO3)c2c1.COc1ccc2nccc(CCC3OCC(NCc4ccccc4C)CO3)c2c1. The van der Waals surface area contributed by atoms with E-state index in [1.54, 1.807) is 41.7 Å². The number of ether oxygens (including phenoxy) is 13. The molecule has 4 aliphatic rings. The number of methoxy groups -OCH3 is 5. The van der Waals surface area contributed by atoms with E-state index in [1.165, 1.54) is 39.9 Å². The molecule has 9 heterocycles. The van der Waals surface area contributed by atoms with Gasteiger partial charge in [-0.25, -0.2) is 13.8 Å². The lowest BCUT2D eigenvalue weighted by Crippen LogP contribution is -2.44. The number of fused-ring (bicyclic) bond motifs is 4. The first-order chi connectivity index (χ1) is 58.3. The van der Waals surface area contributed by atoms with Crippen molar-refractivity contribution >= 4 is 43.6 Å². The van der Waals surface area contributed by atoms with Crippen molar-refractivity contribution < 1.29 is 70.4 Å². The second kappa shape index (κ2) is 44.3. The van der Waals surface area contributed by atoms with E-state index in [4.69, 9.17) is 66.8 Å². The third-order valence-corrected chi connectivity index (χ3v) is 21.3. The fourth-order valence-corrected chi connectivity index (χ4v) is 14.4. The van der Waals surface area contributed by atoms with Crippen LogP contribution in [-0.2, 0) is 89.8 Å². The highest BCUT2D eigenvalue weighted by molar-refractivity contribution is 5.86. The predicted octanol–water partition coefficient (Wildman–Crippen LogP) is 14.7. The Bertz CT molecular complexity index is 5270. The van der Waals surface area contributed by atoms with E-state index in [1.807, 2.05) is 146 Å². The van der Waals surface area contributed by atoms with Crippen molar-refractivity contribution in [3.05, 3.63) is 274 Å². The van der Waals surface area contributed by atoms with E-state index in [0.717, 1.165) is 147 Å². The maximum Gasteiger partial charge on any atom is 0.213 e. The van der Waals surface area contributed by atoms with Crippen LogP contribution in [0.25, 0.3) is 43.6 Å². The highest BCUT2D eigenvalue weighted by atomic mass is 19.1. The van der Waals surface area contributed by atoms with Crippen LogP contribution in [-0.4, -0.2) is 163 Å². The van der Waals surface area contributed by atoms with Gasteiger partial charge in [-0.05, 0) is 193 Å². The maximum absolute atomic E-state index is 13.7. The number of aromatic nitrogens is 5. The molecule has 7 aromatic carbocycles. The van der Waals surface area contributed by atoms with Gasteiger partial charge in [0.05, 0.1) is 152 Å². The molecule has 5 aromatic heterocycles. The first-order valence-corrected chi connectivity index (χ1v) is 40.4. The summed E-state index contributed by atoms with van der Waals surface area (Å²) in [5.74, 6) is 2.79. The summed E-state index contributed by atoms with van der Waals surface area (Å²) in [4.78, 5) is 22.1. The van der Waals surface area contributed by atoms with Crippen LogP contribution in [0.4, 0.5) is 8.78 Å². The van der Waals surface area contributed by atoms with E-state index < -0.39 is 11.6 Å². The molecular weight excluding hydrogens is 1520 g/mol. The lowest BCUT2D eigenvalue weighted by molar-refractivity contribution is -0.192. The van der Waals surface area contributed by atoms with Crippen LogP contribution >= 0.6 is 0 Å². The van der Waals surface area contributed by atoms with E-state index in [9.17, 15) is 8.78 Å². The quantitative estimate of drug-likeness (QED) is 0.0340. The Kier molecular flexibility index (Phi) is 32.0. The number of pyridine rings is 5. The zero-order chi connectivity index (χ0) is 82.5. The molecule has 4 saturated heterocycles. The third kappa shape index (κ3) is 25.1. The van der Waals surface area contributed by atoms with Crippen molar-refractivity contribution in [2.24, 2.45) is 0 Å². The topological polar surface area (TPSA) is 256 Å². The zero-order valence-electron chi connectivity index (χ0n) is 68.1. The van der Waals surface area contributed by atoms with Gasteiger partial charge in [0, 0.05) is 116 Å². The second-order valence-electron chi connectivity index (χ2n) is 29.4. The molecular formula is C94H104F2N10O13. The number of nitrogens with zero attached hydrogens (tertiary/aromatic N) is 6. The molecule has 0 amide bonds. The van der Waals surface area contributed by atoms with Crippen LogP contribution in [0.15, 0.2) is 207 Å². The summed E-state index contributed by atoms with van der Waals surface area (Å²) in [5, 5.41) is 27.0. The zero-order valence-corrected chi connectivity index (χ0v) is 68.1. The number of hydrogen-bond acceptors (Lipinski definition) is 23. The van der Waals surface area contributed by atoms with Crippen molar-refractivity contribution in [1.82, 2.24) is 46.2 Å². The molecule has 12 aromatic rings. The number of halogens is 2. The van der Waals surface area contributed by atoms with Gasteiger partial charge in [0.15, 0.2) is 25.2 Å². The summed E-state index contributed by atoms with van der Waals surface area (Å²) in [7, 11) is 8.30. The number of nitrogens with one attached hydrogen (secondary N) is 4. The summed E-state index contributed by atoms with van der Waals surface area (Å²) in [6, 6.07) is 59.9. The molecule has 0 aliphatic carbocycles. The number of benzene rings is 7. The lowest BCUT2D eigenvalue weighted by atomic mass is 10.0. The van der Waals surface area contributed by atoms with Crippen LogP contribution in [0.2, 0.25) is 0 Å². The highest BCUT2D eigenvalue weighted by Gasteiger charge is 2.27. The third-order valence-electron chi connectivity index (χ3n) is 21.3. The summed E-state index contributed by atoms with van der Waals surface area (Å²) in [6.45, 7) is 9.30. The van der Waals surface area contributed by atoms with Crippen LogP contribution in [0.3, 0.4) is 0 Å². The van der Waals surface area contributed by atoms with Gasteiger partial charge < -0.3 is 82.8 Å². The van der Waals surface area contributed by atoms with Gasteiger partial charge in [0.25, 0.3) is 0 Å². The molecule has 4 aliphatic heterocycles. The smallest absolute Gasteiger partial charge is 0.213 e. The number of nitriles is 1. The largest absolute Gasteiger partial charge is 0.497 e. The van der Waals surface area contributed by atoms with Gasteiger partial charge >= 0.3 is 0 Å². The molecule has 0 spiro atoms. The number of aryl methyl sites for hydroxylation is 5. The minimum Gasteiger partial charge on any atom is -0.497 e. The lowest BCUT2D eigenvalue weighted by Gasteiger charge is -2.30. The summed E-state index contributed by atoms with van der Waals surface area (Å²) in [5.41, 5.74) is 14.4. The Morgan fingerprint density at radius 1 is 0.370 bits per heavy atom. The molecule has 23 nitrogen and oxygen atoms in total.